The van der Waals surface area contributed by atoms with E-state index >= 15 is 0 Å². The highest BCUT2D eigenvalue weighted by atomic mass is 32.2. The van der Waals surface area contributed by atoms with Crippen LogP contribution >= 0.6 is 11.8 Å². The monoisotopic (exact) mass is 444 g/mol. The summed E-state index contributed by atoms with van der Waals surface area (Å²) >= 11 is 1.58. The molecule has 0 saturated heterocycles. The highest BCUT2D eigenvalue weighted by molar-refractivity contribution is 7.98. The summed E-state index contributed by atoms with van der Waals surface area (Å²) in [6.07, 6.45) is 3.43. The fourth-order valence-electron chi connectivity index (χ4n) is 3.20. The minimum atomic E-state index is -0.124. The van der Waals surface area contributed by atoms with E-state index in [1.807, 2.05) is 72.2 Å². The van der Waals surface area contributed by atoms with Gasteiger partial charge in [-0.3, -0.25) is 9.36 Å². The molecule has 4 rings (SSSR count). The molecule has 0 saturated carbocycles. The molecule has 0 radical (unpaired) electrons. The highest BCUT2D eigenvalue weighted by Crippen LogP contribution is 2.27. The van der Waals surface area contributed by atoms with Gasteiger partial charge in [0.05, 0.1) is 6.26 Å². The van der Waals surface area contributed by atoms with Crippen LogP contribution < -0.4 is 5.32 Å². The molecule has 0 fully saturated rings. The summed E-state index contributed by atoms with van der Waals surface area (Å²) in [7, 11) is 0. The predicted molar refractivity (Wildman–Crippen MR) is 128 cm³/mol. The first-order valence-electron chi connectivity index (χ1n) is 10.2. The quantitative estimate of drug-likeness (QED) is 0.271. The number of benzene rings is 2. The van der Waals surface area contributed by atoms with Crippen LogP contribution in [0.5, 0.6) is 0 Å². The third-order valence-electron chi connectivity index (χ3n) is 5.12. The molecule has 0 unspecified atom stereocenters. The van der Waals surface area contributed by atoms with E-state index in [9.17, 15) is 4.79 Å². The van der Waals surface area contributed by atoms with Gasteiger partial charge >= 0.3 is 0 Å². The number of hydrogen-bond acceptors (Lipinski definition) is 5. The van der Waals surface area contributed by atoms with E-state index in [0.29, 0.717) is 29.4 Å². The lowest BCUT2D eigenvalue weighted by Crippen LogP contribution is -2.12. The first-order chi connectivity index (χ1) is 15.5. The van der Waals surface area contributed by atoms with Crippen molar-refractivity contribution in [2.45, 2.75) is 31.3 Å². The summed E-state index contributed by atoms with van der Waals surface area (Å²) in [5.41, 5.74) is 4.85. The summed E-state index contributed by atoms with van der Waals surface area (Å²) in [4.78, 5) is 12.6. The number of nitrogens with one attached hydrogen (secondary N) is 1. The van der Waals surface area contributed by atoms with Crippen LogP contribution in [0.3, 0.4) is 0 Å². The molecule has 32 heavy (non-hydrogen) atoms. The second-order valence-corrected chi connectivity index (χ2v) is 8.36. The maximum absolute atomic E-state index is 12.6. The zero-order valence-corrected chi connectivity index (χ0v) is 18.9. The molecule has 2 heterocycles. The Bertz CT molecular complexity index is 1230. The highest BCUT2D eigenvalue weighted by Gasteiger charge is 2.15. The van der Waals surface area contributed by atoms with Gasteiger partial charge in [-0.2, -0.15) is 0 Å². The van der Waals surface area contributed by atoms with E-state index in [2.05, 4.69) is 29.0 Å². The Morgan fingerprint density at radius 1 is 1.12 bits per heavy atom. The van der Waals surface area contributed by atoms with Crippen LogP contribution in [0.1, 0.15) is 27.0 Å². The Labute approximate surface area is 191 Å². The van der Waals surface area contributed by atoms with Gasteiger partial charge in [0.1, 0.15) is 0 Å². The molecule has 0 spiro atoms. The molecular weight excluding hydrogens is 420 g/mol. The third-order valence-corrected chi connectivity index (χ3v) is 6.16. The van der Waals surface area contributed by atoms with Gasteiger partial charge in [0.2, 0.25) is 5.82 Å². The van der Waals surface area contributed by atoms with Crippen LogP contribution in [-0.4, -0.2) is 20.7 Å². The van der Waals surface area contributed by atoms with Gasteiger partial charge in [-0.05, 0) is 66.9 Å². The number of anilines is 1. The van der Waals surface area contributed by atoms with Crippen LogP contribution in [0.2, 0.25) is 0 Å². The lowest BCUT2D eigenvalue weighted by molar-refractivity contribution is 0.102. The van der Waals surface area contributed by atoms with Crippen LogP contribution in [0.15, 0.2) is 83.1 Å². The Morgan fingerprint density at radius 3 is 2.62 bits per heavy atom. The first-order valence-corrected chi connectivity index (χ1v) is 11.2. The first kappa shape index (κ1) is 21.6. The largest absolute Gasteiger partial charge is 0.461 e. The van der Waals surface area contributed by atoms with Crippen LogP contribution in [-0.2, 0) is 12.3 Å². The molecule has 162 valence electrons. The Balaban J connectivity index is 1.41. The number of rotatable bonds is 8. The number of aromatic nitrogens is 3. The van der Waals surface area contributed by atoms with Crippen molar-refractivity contribution in [2.75, 3.05) is 5.32 Å². The van der Waals surface area contributed by atoms with Gasteiger partial charge in [0.25, 0.3) is 5.91 Å². The number of nitrogens with zero attached hydrogens (tertiary/aromatic N) is 3. The Hall–Kier alpha value is -3.58. The van der Waals surface area contributed by atoms with Gasteiger partial charge < -0.3 is 9.73 Å². The van der Waals surface area contributed by atoms with Crippen LogP contribution in [0.4, 0.5) is 5.69 Å². The average molecular weight is 445 g/mol. The van der Waals surface area contributed by atoms with Crippen LogP contribution in [0.25, 0.3) is 11.6 Å². The lowest BCUT2D eigenvalue weighted by Gasteiger charge is -2.09. The van der Waals surface area contributed by atoms with Crippen LogP contribution in [0, 0.1) is 13.8 Å². The summed E-state index contributed by atoms with van der Waals surface area (Å²) in [6.45, 7) is 8.50. The number of aryl methyl sites for hydroxylation is 2. The average Bonchev–Trinajstić information content (AvgIpc) is 3.45. The smallest absolute Gasteiger partial charge is 0.255 e. The normalized spacial score (nSPS) is 10.8. The molecule has 0 aliphatic rings. The summed E-state index contributed by atoms with van der Waals surface area (Å²) in [6, 6.07) is 17.2. The molecular formula is C25H24N4O2S. The summed E-state index contributed by atoms with van der Waals surface area (Å²) in [5.74, 6) is 1.93. The van der Waals surface area contributed by atoms with Crippen molar-refractivity contribution in [3.05, 3.63) is 95.8 Å². The zero-order chi connectivity index (χ0) is 22.5. The van der Waals surface area contributed by atoms with Crippen molar-refractivity contribution in [1.29, 1.82) is 0 Å². The number of allylic oxidation sites excluding steroid dienone is 1. The Morgan fingerprint density at radius 2 is 1.94 bits per heavy atom. The van der Waals surface area contributed by atoms with E-state index in [0.717, 1.165) is 22.0 Å². The van der Waals surface area contributed by atoms with E-state index in [-0.39, 0.29) is 5.91 Å². The van der Waals surface area contributed by atoms with Crippen molar-refractivity contribution < 1.29 is 9.21 Å². The fraction of sp³-hybridized carbons (Fsp3) is 0.160. The van der Waals surface area contributed by atoms with Gasteiger partial charge in [-0.15, -0.1) is 16.8 Å². The fourth-order valence-corrected chi connectivity index (χ4v) is 4.10. The van der Waals surface area contributed by atoms with Crippen molar-refractivity contribution >= 4 is 23.4 Å². The molecule has 2 aromatic carbocycles. The van der Waals surface area contributed by atoms with Gasteiger partial charge in [0.15, 0.2) is 10.9 Å². The number of carbonyl (C=O) groups excluding carboxylic acids is 1. The Kier molecular flexibility index (Phi) is 6.56. The molecule has 6 nitrogen and oxygen atoms in total. The van der Waals surface area contributed by atoms with E-state index in [1.54, 1.807) is 18.0 Å². The van der Waals surface area contributed by atoms with Crippen molar-refractivity contribution in [2.24, 2.45) is 0 Å². The van der Waals surface area contributed by atoms with E-state index in [1.165, 1.54) is 5.56 Å². The van der Waals surface area contributed by atoms with E-state index in [4.69, 9.17) is 4.42 Å². The molecule has 7 heteroatoms. The number of hydrogen-bond donors (Lipinski definition) is 1. The van der Waals surface area contributed by atoms with Crippen molar-refractivity contribution in [3.63, 3.8) is 0 Å². The SMILES string of the molecule is C=CCn1c(SCc2ccc(C(=O)Nc3ccc(C)c(C)c3)cc2)nnc1-c1ccco1. The minimum Gasteiger partial charge on any atom is -0.461 e. The third kappa shape index (κ3) is 4.84. The molecule has 0 aliphatic heterocycles. The lowest BCUT2D eigenvalue weighted by atomic mass is 10.1. The molecule has 4 aromatic rings. The summed E-state index contributed by atoms with van der Waals surface area (Å²) in [5, 5.41) is 12.3. The van der Waals surface area contributed by atoms with Crippen molar-refractivity contribution in [1.82, 2.24) is 14.8 Å². The standard InChI is InChI=1S/C25H24N4O2S/c1-4-13-29-23(22-6-5-14-31-22)27-28-25(29)32-16-19-8-10-20(11-9-19)24(30)26-21-12-7-17(2)18(3)15-21/h4-12,14-15H,1,13,16H2,2-3H3,(H,26,30). The second-order valence-electron chi connectivity index (χ2n) is 7.42. The number of amides is 1. The second kappa shape index (κ2) is 9.70. The topological polar surface area (TPSA) is 73.0 Å². The number of thioether (sulfide) groups is 1. The molecule has 0 aliphatic carbocycles. The predicted octanol–water partition coefficient (Wildman–Crippen LogP) is 5.89. The van der Waals surface area contributed by atoms with Gasteiger partial charge in [-0.1, -0.05) is 36.0 Å². The molecule has 0 bridgehead atoms. The molecule has 1 amide bonds. The number of furan rings is 1. The maximum Gasteiger partial charge on any atom is 0.255 e. The maximum atomic E-state index is 12.6. The zero-order valence-electron chi connectivity index (χ0n) is 18.0. The van der Waals surface area contributed by atoms with Crippen molar-refractivity contribution in [3.8, 4) is 11.6 Å². The van der Waals surface area contributed by atoms with Gasteiger partial charge in [0, 0.05) is 23.5 Å². The van der Waals surface area contributed by atoms with Gasteiger partial charge in [-0.25, -0.2) is 0 Å². The van der Waals surface area contributed by atoms with E-state index < -0.39 is 0 Å². The minimum absolute atomic E-state index is 0.124. The molecule has 2 aromatic heterocycles. The number of carbonyl (C=O) groups is 1. The molecule has 1 N–H and O–H groups in total. The summed E-state index contributed by atoms with van der Waals surface area (Å²) < 4.78 is 7.44. The molecule has 0 atom stereocenters.